The van der Waals surface area contributed by atoms with Crippen molar-refractivity contribution in [3.05, 3.63) is 59.7 Å². The molecule has 0 unspecified atom stereocenters. The van der Waals surface area contributed by atoms with E-state index in [1.807, 2.05) is 0 Å². The molecule has 0 saturated carbocycles. The highest BCUT2D eigenvalue weighted by atomic mass is 16.8. The Kier molecular flexibility index (Phi) is 9.35. The second-order valence-electron chi connectivity index (χ2n) is 6.90. The summed E-state index contributed by atoms with van der Waals surface area (Å²) in [6.45, 7) is 1.09. The van der Waals surface area contributed by atoms with Crippen molar-refractivity contribution in [2.45, 2.75) is 51.4 Å². The Labute approximate surface area is 157 Å². The molecule has 26 heavy (non-hydrogen) atoms. The van der Waals surface area contributed by atoms with E-state index in [2.05, 4.69) is 48.5 Å². The first kappa shape index (κ1) is 20.6. The first-order valence-electron chi connectivity index (χ1n) is 9.72. The zero-order valence-corrected chi connectivity index (χ0v) is 15.6. The Morgan fingerprint density at radius 1 is 0.615 bits per heavy atom. The lowest BCUT2D eigenvalue weighted by Gasteiger charge is -2.07. The highest BCUT2D eigenvalue weighted by Gasteiger charge is 2.01. The lowest BCUT2D eigenvalue weighted by Crippen LogP contribution is -2.14. The molecule has 0 aliphatic heterocycles. The number of hydrogen-bond donors (Lipinski definition) is 3. The van der Waals surface area contributed by atoms with Crippen LogP contribution in [0.25, 0.3) is 11.1 Å². The highest BCUT2D eigenvalue weighted by molar-refractivity contribution is 5.63. The van der Waals surface area contributed by atoms with Gasteiger partial charge in [-0.05, 0) is 67.3 Å². The molecule has 0 aromatic heterocycles. The molecule has 0 aliphatic rings. The topological polar surface area (TPSA) is 69.7 Å². The summed E-state index contributed by atoms with van der Waals surface area (Å²) in [6.07, 6.45) is 8.50. The molecule has 2 aromatic carbocycles. The summed E-state index contributed by atoms with van der Waals surface area (Å²) in [6, 6.07) is 17.7. The quantitative estimate of drug-likeness (QED) is 0.377. The Balaban J connectivity index is 1.76. The van der Waals surface area contributed by atoms with Crippen molar-refractivity contribution in [1.82, 2.24) is 5.23 Å². The SMILES string of the molecule is NCCCCc1ccc(-c2ccc(CCCCCCN(O)O)cc2)cc1. The van der Waals surface area contributed by atoms with Crippen LogP contribution in [-0.2, 0) is 12.8 Å². The van der Waals surface area contributed by atoms with Crippen LogP contribution >= 0.6 is 0 Å². The second kappa shape index (κ2) is 11.8. The van der Waals surface area contributed by atoms with Gasteiger partial charge in [0, 0.05) is 0 Å². The molecule has 0 heterocycles. The zero-order chi connectivity index (χ0) is 18.6. The summed E-state index contributed by atoms with van der Waals surface area (Å²) in [5, 5.41) is 17.6. The van der Waals surface area contributed by atoms with Crippen LogP contribution in [-0.4, -0.2) is 28.7 Å². The van der Waals surface area contributed by atoms with Crippen molar-refractivity contribution in [2.24, 2.45) is 5.73 Å². The van der Waals surface area contributed by atoms with Crippen LogP contribution in [0.2, 0.25) is 0 Å². The summed E-state index contributed by atoms with van der Waals surface area (Å²) in [5.41, 5.74) is 10.8. The average molecular weight is 357 g/mol. The Bertz CT molecular complexity index is 609. The molecule has 0 saturated heterocycles. The molecule has 0 radical (unpaired) electrons. The van der Waals surface area contributed by atoms with Gasteiger partial charge in [-0.25, -0.2) is 0 Å². The molecule has 0 spiro atoms. The summed E-state index contributed by atoms with van der Waals surface area (Å²) >= 11 is 0. The monoisotopic (exact) mass is 356 g/mol. The minimum atomic E-state index is 0.269. The van der Waals surface area contributed by atoms with Gasteiger partial charge >= 0.3 is 0 Å². The van der Waals surface area contributed by atoms with Crippen LogP contribution in [0.15, 0.2) is 48.5 Å². The van der Waals surface area contributed by atoms with Gasteiger partial charge in [-0.15, -0.1) is 0 Å². The van der Waals surface area contributed by atoms with Gasteiger partial charge in [-0.2, -0.15) is 0 Å². The van der Waals surface area contributed by atoms with E-state index < -0.39 is 0 Å². The van der Waals surface area contributed by atoms with Gasteiger partial charge in [0.05, 0.1) is 6.54 Å². The van der Waals surface area contributed by atoms with Gasteiger partial charge < -0.3 is 5.73 Å². The normalized spacial score (nSPS) is 11.2. The third-order valence-electron chi connectivity index (χ3n) is 4.73. The lowest BCUT2D eigenvalue weighted by molar-refractivity contribution is -0.306. The molecule has 0 bridgehead atoms. The Hall–Kier alpha value is -1.72. The van der Waals surface area contributed by atoms with Crippen LogP contribution in [0.1, 0.15) is 49.7 Å². The third-order valence-corrected chi connectivity index (χ3v) is 4.73. The zero-order valence-electron chi connectivity index (χ0n) is 15.6. The summed E-state index contributed by atoms with van der Waals surface area (Å²) in [4.78, 5) is 0. The number of hydrogen-bond acceptors (Lipinski definition) is 4. The lowest BCUT2D eigenvalue weighted by atomic mass is 9.99. The summed E-state index contributed by atoms with van der Waals surface area (Å²) < 4.78 is 0. The van der Waals surface area contributed by atoms with Crippen molar-refractivity contribution >= 4 is 0 Å². The molecule has 4 nitrogen and oxygen atoms in total. The number of benzene rings is 2. The molecule has 0 aliphatic carbocycles. The molecule has 0 amide bonds. The van der Waals surface area contributed by atoms with E-state index in [-0.39, 0.29) is 5.23 Å². The fraction of sp³-hybridized carbons (Fsp3) is 0.455. The van der Waals surface area contributed by atoms with Gasteiger partial charge in [0.25, 0.3) is 0 Å². The molecule has 2 aromatic rings. The van der Waals surface area contributed by atoms with Gasteiger partial charge in [0.2, 0.25) is 0 Å². The van der Waals surface area contributed by atoms with E-state index in [1.165, 1.54) is 22.3 Å². The van der Waals surface area contributed by atoms with Crippen molar-refractivity contribution < 1.29 is 10.4 Å². The minimum absolute atomic E-state index is 0.269. The van der Waals surface area contributed by atoms with E-state index in [0.717, 1.165) is 57.9 Å². The highest BCUT2D eigenvalue weighted by Crippen LogP contribution is 2.21. The fourth-order valence-corrected chi connectivity index (χ4v) is 3.14. The fourth-order valence-electron chi connectivity index (χ4n) is 3.14. The number of unbranched alkanes of at least 4 members (excludes halogenated alkanes) is 4. The maximum atomic E-state index is 8.65. The second-order valence-corrected chi connectivity index (χ2v) is 6.90. The van der Waals surface area contributed by atoms with Gasteiger partial charge in [0.1, 0.15) is 0 Å². The smallest absolute Gasteiger partial charge is 0.0512 e. The van der Waals surface area contributed by atoms with Crippen molar-refractivity contribution in [2.75, 3.05) is 13.1 Å². The molecule has 0 atom stereocenters. The van der Waals surface area contributed by atoms with Gasteiger partial charge in [-0.1, -0.05) is 66.6 Å². The third kappa shape index (κ3) is 7.67. The number of hydroxylamine groups is 2. The van der Waals surface area contributed by atoms with E-state index in [4.69, 9.17) is 16.1 Å². The predicted molar refractivity (Wildman–Crippen MR) is 106 cm³/mol. The van der Waals surface area contributed by atoms with Crippen LogP contribution in [0, 0.1) is 0 Å². The maximum Gasteiger partial charge on any atom is 0.0512 e. The van der Waals surface area contributed by atoms with Gasteiger partial charge in [0.15, 0.2) is 0 Å². The Morgan fingerprint density at radius 3 is 1.54 bits per heavy atom. The summed E-state index contributed by atoms with van der Waals surface area (Å²) in [5.74, 6) is 0. The van der Waals surface area contributed by atoms with E-state index >= 15 is 0 Å². The molecule has 2 rings (SSSR count). The number of nitrogens with zero attached hydrogens (tertiary/aromatic N) is 1. The first-order chi connectivity index (χ1) is 12.7. The number of nitrogens with two attached hydrogens (primary N) is 1. The standard InChI is InChI=1S/C22H32N2O2/c23-17-5-4-8-20-11-15-22(16-12-20)21-13-9-19(10-14-21)7-3-1-2-6-18-24(25)26/h9-16,25-26H,1-8,17-18,23H2. The minimum Gasteiger partial charge on any atom is -0.330 e. The first-order valence-corrected chi connectivity index (χ1v) is 9.72. The Morgan fingerprint density at radius 2 is 1.08 bits per heavy atom. The van der Waals surface area contributed by atoms with E-state index in [0.29, 0.717) is 6.54 Å². The van der Waals surface area contributed by atoms with Crippen LogP contribution < -0.4 is 5.73 Å². The van der Waals surface area contributed by atoms with Crippen molar-refractivity contribution in [3.63, 3.8) is 0 Å². The van der Waals surface area contributed by atoms with Crippen LogP contribution in [0.3, 0.4) is 0 Å². The van der Waals surface area contributed by atoms with Crippen molar-refractivity contribution in [3.8, 4) is 11.1 Å². The molecule has 4 N–H and O–H groups in total. The van der Waals surface area contributed by atoms with Crippen LogP contribution in [0.4, 0.5) is 0 Å². The number of aryl methyl sites for hydroxylation is 2. The van der Waals surface area contributed by atoms with E-state index in [1.54, 1.807) is 0 Å². The molecular formula is C22H32N2O2. The molecule has 0 fully saturated rings. The molecule has 4 heteroatoms. The largest absolute Gasteiger partial charge is 0.330 e. The summed E-state index contributed by atoms with van der Waals surface area (Å²) in [7, 11) is 0. The van der Waals surface area contributed by atoms with Crippen LogP contribution in [0.5, 0.6) is 0 Å². The van der Waals surface area contributed by atoms with E-state index in [9.17, 15) is 0 Å². The van der Waals surface area contributed by atoms with Crippen molar-refractivity contribution in [1.29, 1.82) is 0 Å². The predicted octanol–water partition coefficient (Wildman–Crippen LogP) is 4.82. The van der Waals surface area contributed by atoms with Gasteiger partial charge in [-0.3, -0.25) is 10.4 Å². The molecular weight excluding hydrogens is 324 g/mol. The molecule has 142 valence electrons. The number of rotatable bonds is 12. The maximum absolute atomic E-state index is 8.65. The average Bonchev–Trinajstić information content (AvgIpc) is 2.66.